The molecule has 0 saturated heterocycles. The molecule has 0 aliphatic carbocycles. The average molecular weight is 352 g/mol. The Morgan fingerprint density at radius 3 is 2.15 bits per heavy atom. The van der Waals surface area contributed by atoms with Gasteiger partial charge in [0.1, 0.15) is 17.4 Å². The molecule has 0 saturated carbocycles. The molecular weight excluding hydrogens is 331 g/mol. The van der Waals surface area contributed by atoms with Gasteiger partial charge in [-0.3, -0.25) is 0 Å². The maximum atomic E-state index is 13.0. The molecule has 26 heavy (non-hydrogen) atoms. The molecule has 0 spiro atoms. The van der Waals surface area contributed by atoms with Crippen molar-refractivity contribution >= 4 is 11.8 Å². The third-order valence-corrected chi connectivity index (χ3v) is 3.85. The molecule has 3 aromatic rings. The summed E-state index contributed by atoms with van der Waals surface area (Å²) in [6.07, 6.45) is 0. The Balaban J connectivity index is 1.61. The largest absolute Gasteiger partial charge is 0.497 e. The van der Waals surface area contributed by atoms with Crippen LogP contribution in [0.2, 0.25) is 0 Å². The number of aromatic nitrogens is 2. The predicted octanol–water partition coefficient (Wildman–Crippen LogP) is 4.16. The van der Waals surface area contributed by atoms with Gasteiger partial charge in [0, 0.05) is 24.8 Å². The van der Waals surface area contributed by atoms with E-state index >= 15 is 0 Å². The molecule has 2 N–H and O–H groups in total. The van der Waals surface area contributed by atoms with Crippen LogP contribution in [0.3, 0.4) is 0 Å². The Morgan fingerprint density at radius 1 is 0.885 bits per heavy atom. The van der Waals surface area contributed by atoms with E-state index in [1.165, 1.54) is 12.1 Å². The molecular formula is C20H21FN4O. The number of methoxy groups -OCH3 is 1. The van der Waals surface area contributed by atoms with Crippen molar-refractivity contribution in [1.82, 2.24) is 9.97 Å². The number of hydrogen-bond acceptors (Lipinski definition) is 5. The van der Waals surface area contributed by atoms with Gasteiger partial charge >= 0.3 is 0 Å². The van der Waals surface area contributed by atoms with E-state index in [9.17, 15) is 4.39 Å². The standard InChI is InChI=1S/C20H21FN4O/c1-14-11-19(22-12-15-3-7-17(21)8-4-15)25-20(24-14)23-13-16-5-9-18(26-2)10-6-16/h3-11H,12-13H2,1-2H3,(H2,22,23,24,25). The first-order valence-corrected chi connectivity index (χ1v) is 8.33. The highest BCUT2D eigenvalue weighted by atomic mass is 19.1. The van der Waals surface area contributed by atoms with Crippen molar-refractivity contribution in [2.75, 3.05) is 17.7 Å². The Bertz CT molecular complexity index is 851. The summed E-state index contributed by atoms with van der Waals surface area (Å²) in [5, 5.41) is 6.48. The van der Waals surface area contributed by atoms with Crippen LogP contribution >= 0.6 is 0 Å². The summed E-state index contributed by atoms with van der Waals surface area (Å²) < 4.78 is 18.1. The summed E-state index contributed by atoms with van der Waals surface area (Å²) in [7, 11) is 1.65. The lowest BCUT2D eigenvalue weighted by Gasteiger charge is -2.10. The maximum absolute atomic E-state index is 13.0. The third kappa shape index (κ3) is 4.92. The van der Waals surface area contributed by atoms with E-state index in [0.29, 0.717) is 19.0 Å². The zero-order valence-electron chi connectivity index (χ0n) is 14.8. The van der Waals surface area contributed by atoms with Gasteiger partial charge in [0.05, 0.1) is 7.11 Å². The fourth-order valence-electron chi connectivity index (χ4n) is 2.46. The highest BCUT2D eigenvalue weighted by molar-refractivity contribution is 5.43. The van der Waals surface area contributed by atoms with Crippen LogP contribution in [-0.4, -0.2) is 17.1 Å². The second-order valence-corrected chi connectivity index (χ2v) is 5.90. The minimum atomic E-state index is -0.239. The quantitative estimate of drug-likeness (QED) is 0.669. The van der Waals surface area contributed by atoms with Gasteiger partial charge in [-0.2, -0.15) is 4.98 Å². The number of hydrogen-bond donors (Lipinski definition) is 2. The first kappa shape index (κ1) is 17.7. The van der Waals surface area contributed by atoms with E-state index in [-0.39, 0.29) is 5.82 Å². The molecule has 0 aliphatic rings. The zero-order chi connectivity index (χ0) is 18.4. The number of anilines is 2. The molecule has 6 heteroatoms. The van der Waals surface area contributed by atoms with E-state index in [4.69, 9.17) is 4.74 Å². The Morgan fingerprint density at radius 2 is 1.50 bits per heavy atom. The van der Waals surface area contributed by atoms with Crippen molar-refractivity contribution < 1.29 is 9.13 Å². The second kappa shape index (κ2) is 8.29. The summed E-state index contributed by atoms with van der Waals surface area (Å²) in [6.45, 7) is 3.10. The summed E-state index contributed by atoms with van der Waals surface area (Å²) in [5.74, 6) is 1.87. The van der Waals surface area contributed by atoms with E-state index in [1.54, 1.807) is 19.2 Å². The van der Waals surface area contributed by atoms with E-state index in [2.05, 4.69) is 20.6 Å². The van der Waals surface area contributed by atoms with Gasteiger partial charge in [-0.15, -0.1) is 0 Å². The molecule has 0 fully saturated rings. The molecule has 5 nitrogen and oxygen atoms in total. The van der Waals surface area contributed by atoms with Gasteiger partial charge in [0.2, 0.25) is 5.95 Å². The van der Waals surface area contributed by atoms with E-state index in [1.807, 2.05) is 37.3 Å². The van der Waals surface area contributed by atoms with Gasteiger partial charge in [-0.25, -0.2) is 9.37 Å². The lowest BCUT2D eigenvalue weighted by Crippen LogP contribution is -2.08. The molecule has 2 aromatic carbocycles. The van der Waals surface area contributed by atoms with Crippen molar-refractivity contribution in [3.8, 4) is 5.75 Å². The molecule has 0 amide bonds. The minimum Gasteiger partial charge on any atom is -0.497 e. The SMILES string of the molecule is COc1ccc(CNc2nc(C)cc(NCc3ccc(F)cc3)n2)cc1. The average Bonchev–Trinajstić information content (AvgIpc) is 2.66. The summed E-state index contributed by atoms with van der Waals surface area (Å²) >= 11 is 0. The molecule has 0 radical (unpaired) electrons. The van der Waals surface area contributed by atoms with Crippen molar-refractivity contribution in [3.05, 3.63) is 77.2 Å². The van der Waals surface area contributed by atoms with Gasteiger partial charge in [0.25, 0.3) is 0 Å². The number of rotatable bonds is 7. The lowest BCUT2D eigenvalue weighted by atomic mass is 10.2. The first-order chi connectivity index (χ1) is 12.6. The predicted molar refractivity (Wildman–Crippen MR) is 101 cm³/mol. The van der Waals surface area contributed by atoms with E-state index < -0.39 is 0 Å². The number of benzene rings is 2. The van der Waals surface area contributed by atoms with Crippen LogP contribution < -0.4 is 15.4 Å². The molecule has 0 atom stereocenters. The van der Waals surface area contributed by atoms with Gasteiger partial charge in [0.15, 0.2) is 0 Å². The smallest absolute Gasteiger partial charge is 0.225 e. The Labute approximate surface area is 152 Å². The first-order valence-electron chi connectivity index (χ1n) is 8.33. The van der Waals surface area contributed by atoms with Crippen molar-refractivity contribution in [3.63, 3.8) is 0 Å². The topological polar surface area (TPSA) is 59.1 Å². The van der Waals surface area contributed by atoms with Crippen molar-refractivity contribution in [1.29, 1.82) is 0 Å². The fraction of sp³-hybridized carbons (Fsp3) is 0.200. The van der Waals surface area contributed by atoms with Crippen LogP contribution in [0.25, 0.3) is 0 Å². The van der Waals surface area contributed by atoms with Gasteiger partial charge in [-0.1, -0.05) is 24.3 Å². The molecule has 3 rings (SSSR count). The normalized spacial score (nSPS) is 10.4. The lowest BCUT2D eigenvalue weighted by molar-refractivity contribution is 0.414. The molecule has 1 heterocycles. The molecule has 0 aliphatic heterocycles. The van der Waals surface area contributed by atoms with Crippen LogP contribution in [0.1, 0.15) is 16.8 Å². The highest BCUT2D eigenvalue weighted by Crippen LogP contribution is 2.14. The molecule has 0 bridgehead atoms. The van der Waals surface area contributed by atoms with Gasteiger partial charge in [-0.05, 0) is 42.3 Å². The monoisotopic (exact) mass is 352 g/mol. The van der Waals surface area contributed by atoms with Crippen LogP contribution in [0.15, 0.2) is 54.6 Å². The number of ether oxygens (including phenoxy) is 1. The summed E-state index contributed by atoms with van der Waals surface area (Å²) in [4.78, 5) is 8.90. The van der Waals surface area contributed by atoms with E-state index in [0.717, 1.165) is 28.4 Å². The number of aryl methyl sites for hydroxylation is 1. The number of halogens is 1. The van der Waals surface area contributed by atoms with Gasteiger partial charge < -0.3 is 15.4 Å². The second-order valence-electron chi connectivity index (χ2n) is 5.90. The molecule has 134 valence electrons. The summed E-state index contributed by atoms with van der Waals surface area (Å²) in [6, 6.07) is 16.1. The van der Waals surface area contributed by atoms with Crippen LogP contribution in [0.4, 0.5) is 16.2 Å². The molecule has 1 aromatic heterocycles. The Hall–Kier alpha value is -3.15. The Kier molecular flexibility index (Phi) is 5.63. The van der Waals surface area contributed by atoms with Crippen LogP contribution in [0, 0.1) is 12.7 Å². The van der Waals surface area contributed by atoms with Crippen molar-refractivity contribution in [2.24, 2.45) is 0 Å². The van der Waals surface area contributed by atoms with Crippen molar-refractivity contribution in [2.45, 2.75) is 20.0 Å². The number of nitrogens with zero attached hydrogens (tertiary/aromatic N) is 2. The fourth-order valence-corrected chi connectivity index (χ4v) is 2.46. The number of nitrogens with one attached hydrogen (secondary N) is 2. The highest BCUT2D eigenvalue weighted by Gasteiger charge is 2.03. The maximum Gasteiger partial charge on any atom is 0.225 e. The van der Waals surface area contributed by atoms with Crippen LogP contribution in [-0.2, 0) is 13.1 Å². The van der Waals surface area contributed by atoms with Crippen LogP contribution in [0.5, 0.6) is 5.75 Å². The minimum absolute atomic E-state index is 0.239. The zero-order valence-corrected chi connectivity index (χ0v) is 14.8. The molecule has 0 unspecified atom stereocenters. The summed E-state index contributed by atoms with van der Waals surface area (Å²) in [5.41, 5.74) is 2.95. The third-order valence-electron chi connectivity index (χ3n) is 3.85.